The van der Waals surface area contributed by atoms with E-state index in [0.717, 1.165) is 36.2 Å². The fourth-order valence-electron chi connectivity index (χ4n) is 2.05. The summed E-state index contributed by atoms with van der Waals surface area (Å²) in [4.78, 5) is 7.13. The summed E-state index contributed by atoms with van der Waals surface area (Å²) in [6.07, 6.45) is 0. The standard InChI is InChI=1S/C14H21N3S.BrH/c1-4-16(5-2)11-17-13-10-8-7-9-12(13)15-14(17)18-6-3;/h7-10H,4-6,11H2,1-3H3;1H/p-1. The van der Waals surface area contributed by atoms with Crippen LogP contribution in [0, 0.1) is 0 Å². The molecule has 0 aliphatic rings. The molecule has 2 aromatic rings. The van der Waals surface area contributed by atoms with Gasteiger partial charge in [-0.25, -0.2) is 4.98 Å². The Bertz CT molecular complexity index is 508. The van der Waals surface area contributed by atoms with E-state index in [1.807, 2.05) is 11.8 Å². The lowest BCUT2D eigenvalue weighted by Gasteiger charge is -2.20. The zero-order valence-corrected chi connectivity index (χ0v) is 14.2. The van der Waals surface area contributed by atoms with Crippen LogP contribution in [0.3, 0.4) is 0 Å². The summed E-state index contributed by atoms with van der Waals surface area (Å²) in [5.41, 5.74) is 2.33. The number of rotatable bonds is 6. The highest BCUT2D eigenvalue weighted by Crippen LogP contribution is 2.24. The summed E-state index contributed by atoms with van der Waals surface area (Å²) in [6, 6.07) is 8.39. The first kappa shape index (κ1) is 16.5. The van der Waals surface area contributed by atoms with E-state index in [4.69, 9.17) is 4.98 Å². The van der Waals surface area contributed by atoms with E-state index in [1.54, 1.807) is 0 Å². The second-order valence-electron chi connectivity index (χ2n) is 4.19. The first-order chi connectivity index (χ1) is 8.80. The largest absolute Gasteiger partial charge is 1.00 e. The van der Waals surface area contributed by atoms with Gasteiger partial charge >= 0.3 is 0 Å². The van der Waals surface area contributed by atoms with E-state index < -0.39 is 0 Å². The number of fused-ring (bicyclic) bond motifs is 1. The lowest BCUT2D eigenvalue weighted by molar-refractivity contribution is -0.00000388. The third-order valence-electron chi connectivity index (χ3n) is 3.13. The molecule has 0 saturated heterocycles. The molecular weight excluding hydrogens is 322 g/mol. The van der Waals surface area contributed by atoms with Crippen molar-refractivity contribution >= 4 is 22.8 Å². The number of nitrogens with zero attached hydrogens (tertiary/aromatic N) is 3. The van der Waals surface area contributed by atoms with Gasteiger partial charge in [-0.05, 0) is 31.0 Å². The Morgan fingerprint density at radius 3 is 2.47 bits per heavy atom. The maximum absolute atomic E-state index is 4.72. The van der Waals surface area contributed by atoms with Crippen LogP contribution in [0.15, 0.2) is 29.4 Å². The van der Waals surface area contributed by atoms with E-state index in [9.17, 15) is 0 Å². The fourth-order valence-corrected chi connectivity index (χ4v) is 2.79. The molecule has 0 aliphatic carbocycles. The molecule has 0 amide bonds. The third kappa shape index (κ3) is 3.74. The number of thioether (sulfide) groups is 1. The van der Waals surface area contributed by atoms with Crippen LogP contribution in [-0.2, 0) is 6.67 Å². The molecule has 0 atom stereocenters. The van der Waals surface area contributed by atoms with E-state index in [2.05, 4.69) is 54.5 Å². The van der Waals surface area contributed by atoms with E-state index >= 15 is 0 Å². The molecular formula is C14H21BrN3S-. The maximum Gasteiger partial charge on any atom is 0.170 e. The van der Waals surface area contributed by atoms with Gasteiger partial charge in [-0.1, -0.05) is 44.7 Å². The SMILES string of the molecule is CCSc1nc2ccccc2n1CN(CC)CC.[Br-]. The number of imidazole rings is 1. The minimum Gasteiger partial charge on any atom is -1.00 e. The summed E-state index contributed by atoms with van der Waals surface area (Å²) in [5, 5.41) is 1.13. The molecule has 0 N–H and O–H groups in total. The Labute approximate surface area is 130 Å². The third-order valence-corrected chi connectivity index (χ3v) is 3.99. The van der Waals surface area contributed by atoms with Crippen LogP contribution < -0.4 is 17.0 Å². The van der Waals surface area contributed by atoms with Crippen LogP contribution in [0.5, 0.6) is 0 Å². The number of halogens is 1. The van der Waals surface area contributed by atoms with Gasteiger partial charge in [-0.15, -0.1) is 0 Å². The number of para-hydroxylation sites is 2. The predicted octanol–water partition coefficient (Wildman–Crippen LogP) is 0.452. The zero-order chi connectivity index (χ0) is 13.0. The zero-order valence-electron chi connectivity index (χ0n) is 11.8. The highest BCUT2D eigenvalue weighted by atomic mass is 79.9. The molecule has 2 rings (SSSR count). The van der Waals surface area contributed by atoms with E-state index in [0.29, 0.717) is 0 Å². The van der Waals surface area contributed by atoms with Gasteiger partial charge in [0.1, 0.15) is 0 Å². The van der Waals surface area contributed by atoms with E-state index in [-0.39, 0.29) is 17.0 Å². The van der Waals surface area contributed by atoms with Crippen LogP contribution in [0.1, 0.15) is 20.8 Å². The lowest BCUT2D eigenvalue weighted by Crippen LogP contribution is -3.00. The number of benzene rings is 1. The highest BCUT2D eigenvalue weighted by Gasteiger charge is 2.11. The minimum absolute atomic E-state index is 0. The Morgan fingerprint density at radius 1 is 1.16 bits per heavy atom. The molecule has 0 fully saturated rings. The van der Waals surface area contributed by atoms with Crippen molar-refractivity contribution in [2.24, 2.45) is 0 Å². The Hall–Kier alpha value is -0.520. The molecule has 5 heteroatoms. The first-order valence-corrected chi connectivity index (χ1v) is 7.59. The van der Waals surface area contributed by atoms with Gasteiger partial charge in [-0.2, -0.15) is 0 Å². The van der Waals surface area contributed by atoms with Crippen molar-refractivity contribution in [1.82, 2.24) is 14.5 Å². The molecule has 0 unspecified atom stereocenters. The highest BCUT2D eigenvalue weighted by molar-refractivity contribution is 7.99. The van der Waals surface area contributed by atoms with Crippen molar-refractivity contribution in [3.8, 4) is 0 Å². The van der Waals surface area contributed by atoms with Crippen molar-refractivity contribution in [3.63, 3.8) is 0 Å². The Balaban J connectivity index is 0.00000180. The summed E-state index contributed by atoms with van der Waals surface area (Å²) in [5.74, 6) is 1.06. The fraction of sp³-hybridized carbons (Fsp3) is 0.500. The first-order valence-electron chi connectivity index (χ1n) is 6.60. The van der Waals surface area contributed by atoms with Crippen LogP contribution >= 0.6 is 11.8 Å². The molecule has 0 radical (unpaired) electrons. The number of hydrogen-bond acceptors (Lipinski definition) is 3. The van der Waals surface area contributed by atoms with Gasteiger partial charge in [0.25, 0.3) is 0 Å². The smallest absolute Gasteiger partial charge is 0.170 e. The van der Waals surface area contributed by atoms with Crippen LogP contribution in [0.2, 0.25) is 0 Å². The van der Waals surface area contributed by atoms with Gasteiger partial charge in [0, 0.05) is 0 Å². The van der Waals surface area contributed by atoms with Gasteiger partial charge in [0.05, 0.1) is 17.7 Å². The molecule has 0 aliphatic heterocycles. The topological polar surface area (TPSA) is 21.1 Å². The predicted molar refractivity (Wildman–Crippen MR) is 79.1 cm³/mol. The van der Waals surface area contributed by atoms with Crippen molar-refractivity contribution in [3.05, 3.63) is 24.3 Å². The minimum atomic E-state index is 0. The molecule has 19 heavy (non-hydrogen) atoms. The molecule has 1 aromatic carbocycles. The molecule has 0 bridgehead atoms. The monoisotopic (exact) mass is 342 g/mol. The molecule has 1 aromatic heterocycles. The van der Waals surface area contributed by atoms with Gasteiger partial charge in [0.2, 0.25) is 0 Å². The summed E-state index contributed by atoms with van der Waals surface area (Å²) in [7, 11) is 0. The van der Waals surface area contributed by atoms with Gasteiger partial charge in [0.15, 0.2) is 5.16 Å². The average molecular weight is 343 g/mol. The van der Waals surface area contributed by atoms with Crippen molar-refractivity contribution in [2.75, 3.05) is 18.8 Å². The summed E-state index contributed by atoms with van der Waals surface area (Å²) >= 11 is 1.82. The summed E-state index contributed by atoms with van der Waals surface area (Å²) < 4.78 is 2.33. The average Bonchev–Trinajstić information content (AvgIpc) is 2.74. The second kappa shape index (κ2) is 7.92. The summed E-state index contributed by atoms with van der Waals surface area (Å²) in [6.45, 7) is 9.64. The van der Waals surface area contributed by atoms with Crippen LogP contribution in [0.25, 0.3) is 11.0 Å². The Kier molecular flexibility index (Phi) is 6.89. The number of aromatic nitrogens is 2. The van der Waals surface area contributed by atoms with Crippen LogP contribution in [0.4, 0.5) is 0 Å². The molecule has 0 spiro atoms. The van der Waals surface area contributed by atoms with Crippen molar-refractivity contribution < 1.29 is 17.0 Å². The number of hydrogen-bond donors (Lipinski definition) is 0. The maximum atomic E-state index is 4.72. The molecule has 0 saturated carbocycles. The van der Waals surface area contributed by atoms with Crippen molar-refractivity contribution in [2.45, 2.75) is 32.6 Å². The Morgan fingerprint density at radius 2 is 1.84 bits per heavy atom. The van der Waals surface area contributed by atoms with Gasteiger partial charge < -0.3 is 21.5 Å². The lowest BCUT2D eigenvalue weighted by atomic mass is 10.3. The molecule has 106 valence electrons. The van der Waals surface area contributed by atoms with Gasteiger partial charge in [-0.3, -0.25) is 4.90 Å². The van der Waals surface area contributed by atoms with E-state index in [1.165, 1.54) is 5.52 Å². The second-order valence-corrected chi connectivity index (χ2v) is 5.42. The van der Waals surface area contributed by atoms with Crippen molar-refractivity contribution in [1.29, 1.82) is 0 Å². The molecule has 1 heterocycles. The normalized spacial score (nSPS) is 10.9. The quantitative estimate of drug-likeness (QED) is 0.711. The molecule has 3 nitrogen and oxygen atoms in total. The van der Waals surface area contributed by atoms with Crippen LogP contribution in [-0.4, -0.2) is 33.3 Å².